The number of nitrogens with one attached hydrogen (secondary N) is 3. The molecule has 1 aliphatic rings. The molecule has 20 heavy (non-hydrogen) atoms. The summed E-state index contributed by atoms with van der Waals surface area (Å²) in [6.07, 6.45) is 6.02. The zero-order valence-electron chi connectivity index (χ0n) is 12.0. The molecule has 0 aliphatic carbocycles. The van der Waals surface area contributed by atoms with Crippen LogP contribution in [0.1, 0.15) is 38.9 Å². The number of carbonyl (C=O) groups is 2. The average molecular weight is 278 g/mol. The van der Waals surface area contributed by atoms with Crippen LogP contribution < -0.4 is 10.6 Å². The van der Waals surface area contributed by atoms with E-state index in [-0.39, 0.29) is 17.2 Å². The monoisotopic (exact) mass is 278 g/mol. The minimum absolute atomic E-state index is 0.0694. The lowest BCUT2D eigenvalue weighted by Gasteiger charge is -2.31. The van der Waals surface area contributed by atoms with Crippen LogP contribution >= 0.6 is 0 Å². The molecule has 0 spiro atoms. The Hall–Kier alpha value is -1.85. The molecule has 2 amide bonds. The van der Waals surface area contributed by atoms with E-state index >= 15 is 0 Å². The normalized spacial score (nSPS) is 20.7. The predicted molar refractivity (Wildman–Crippen MR) is 74.9 cm³/mol. The quantitative estimate of drug-likeness (QED) is 0.718. The molecular weight excluding hydrogens is 256 g/mol. The van der Waals surface area contributed by atoms with Gasteiger partial charge in [-0.3, -0.25) is 9.59 Å². The van der Waals surface area contributed by atoms with Crippen LogP contribution in [0, 0.1) is 5.41 Å². The molecule has 1 unspecified atom stereocenters. The van der Waals surface area contributed by atoms with Crippen LogP contribution in [0.15, 0.2) is 12.4 Å². The van der Waals surface area contributed by atoms with E-state index in [0.717, 1.165) is 18.7 Å². The summed E-state index contributed by atoms with van der Waals surface area (Å²) >= 11 is 0. The van der Waals surface area contributed by atoms with E-state index in [2.05, 4.69) is 34.4 Å². The molecule has 1 atom stereocenters. The van der Waals surface area contributed by atoms with E-state index in [9.17, 15) is 9.59 Å². The van der Waals surface area contributed by atoms with Crippen molar-refractivity contribution in [1.82, 2.24) is 20.6 Å². The summed E-state index contributed by atoms with van der Waals surface area (Å²) in [5.74, 6) is 0.614. The molecule has 110 valence electrons. The van der Waals surface area contributed by atoms with Crippen molar-refractivity contribution in [3.63, 3.8) is 0 Å². The fourth-order valence-electron chi connectivity index (χ4n) is 2.77. The highest BCUT2D eigenvalue weighted by molar-refractivity contribution is 5.90. The van der Waals surface area contributed by atoms with Gasteiger partial charge in [-0.05, 0) is 12.8 Å². The first-order valence-electron chi connectivity index (χ1n) is 7.16. The SMILES string of the molecule is CCC1(CC)CNC(=O)C1NC(=O)CCc1ncc[nH]1. The molecule has 1 saturated heterocycles. The van der Waals surface area contributed by atoms with Crippen LogP contribution in [0.2, 0.25) is 0 Å². The summed E-state index contributed by atoms with van der Waals surface area (Å²) in [4.78, 5) is 31.0. The number of rotatable bonds is 6. The summed E-state index contributed by atoms with van der Waals surface area (Å²) in [6.45, 7) is 4.76. The Balaban J connectivity index is 1.93. The smallest absolute Gasteiger partial charge is 0.243 e. The number of amides is 2. The Morgan fingerprint density at radius 3 is 2.85 bits per heavy atom. The van der Waals surface area contributed by atoms with Crippen molar-refractivity contribution in [3.05, 3.63) is 18.2 Å². The summed E-state index contributed by atoms with van der Waals surface area (Å²) in [7, 11) is 0. The van der Waals surface area contributed by atoms with Gasteiger partial charge in [-0.15, -0.1) is 0 Å². The fraction of sp³-hybridized carbons (Fsp3) is 0.643. The molecule has 3 N–H and O–H groups in total. The van der Waals surface area contributed by atoms with Gasteiger partial charge in [-0.25, -0.2) is 4.98 Å². The molecule has 0 bridgehead atoms. The van der Waals surface area contributed by atoms with Crippen molar-refractivity contribution in [2.75, 3.05) is 6.54 Å². The Morgan fingerprint density at radius 2 is 2.25 bits per heavy atom. The van der Waals surface area contributed by atoms with Gasteiger partial charge in [0.15, 0.2) is 0 Å². The first kappa shape index (κ1) is 14.6. The number of aromatic nitrogens is 2. The van der Waals surface area contributed by atoms with Gasteiger partial charge >= 0.3 is 0 Å². The first-order valence-corrected chi connectivity index (χ1v) is 7.16. The van der Waals surface area contributed by atoms with E-state index in [1.54, 1.807) is 12.4 Å². The molecule has 1 aromatic rings. The number of hydrogen-bond acceptors (Lipinski definition) is 3. The number of nitrogens with zero attached hydrogens (tertiary/aromatic N) is 1. The summed E-state index contributed by atoms with van der Waals surface area (Å²) in [5.41, 5.74) is -0.155. The third kappa shape index (κ3) is 2.84. The number of aryl methyl sites for hydroxylation is 1. The number of aromatic amines is 1. The van der Waals surface area contributed by atoms with Gasteiger partial charge in [0, 0.05) is 37.2 Å². The van der Waals surface area contributed by atoms with Gasteiger partial charge in [0.25, 0.3) is 0 Å². The molecular formula is C14H22N4O2. The first-order chi connectivity index (χ1) is 9.61. The second-order valence-electron chi connectivity index (χ2n) is 5.32. The van der Waals surface area contributed by atoms with Crippen LogP contribution in [0.4, 0.5) is 0 Å². The molecule has 1 fully saturated rings. The van der Waals surface area contributed by atoms with Crippen molar-refractivity contribution in [3.8, 4) is 0 Å². The molecule has 1 aliphatic heterocycles. The van der Waals surface area contributed by atoms with Crippen LogP contribution in [-0.4, -0.2) is 34.4 Å². The average Bonchev–Trinajstić information content (AvgIpc) is 3.07. The van der Waals surface area contributed by atoms with Gasteiger partial charge < -0.3 is 15.6 Å². The lowest BCUT2D eigenvalue weighted by molar-refractivity contribution is -0.128. The topological polar surface area (TPSA) is 86.9 Å². The highest BCUT2D eigenvalue weighted by atomic mass is 16.2. The maximum atomic E-state index is 12.0. The van der Waals surface area contributed by atoms with Crippen molar-refractivity contribution in [2.45, 2.75) is 45.6 Å². The summed E-state index contributed by atoms with van der Waals surface area (Å²) in [5, 5.41) is 5.76. The molecule has 0 saturated carbocycles. The minimum atomic E-state index is -0.415. The molecule has 0 radical (unpaired) electrons. The van der Waals surface area contributed by atoms with Crippen molar-refractivity contribution in [2.24, 2.45) is 5.41 Å². The molecule has 2 heterocycles. The Kier molecular flexibility index (Phi) is 4.42. The van der Waals surface area contributed by atoms with Gasteiger partial charge in [0.1, 0.15) is 11.9 Å². The number of hydrogen-bond donors (Lipinski definition) is 3. The van der Waals surface area contributed by atoms with Crippen LogP contribution in [-0.2, 0) is 16.0 Å². The lowest BCUT2D eigenvalue weighted by atomic mass is 9.77. The second kappa shape index (κ2) is 6.07. The number of H-pyrrole nitrogens is 1. The van der Waals surface area contributed by atoms with Crippen LogP contribution in [0.25, 0.3) is 0 Å². The van der Waals surface area contributed by atoms with Crippen molar-refractivity contribution >= 4 is 11.8 Å². The van der Waals surface area contributed by atoms with Crippen molar-refractivity contribution < 1.29 is 9.59 Å². The van der Waals surface area contributed by atoms with Gasteiger partial charge in [0.2, 0.25) is 11.8 Å². The van der Waals surface area contributed by atoms with E-state index in [1.165, 1.54) is 0 Å². The zero-order chi connectivity index (χ0) is 14.6. The Bertz CT molecular complexity index is 466. The molecule has 6 nitrogen and oxygen atoms in total. The number of imidazole rings is 1. The third-order valence-corrected chi connectivity index (χ3v) is 4.35. The molecule has 1 aromatic heterocycles. The third-order valence-electron chi connectivity index (χ3n) is 4.35. The minimum Gasteiger partial charge on any atom is -0.354 e. The number of carbonyl (C=O) groups excluding carboxylic acids is 2. The maximum Gasteiger partial charge on any atom is 0.243 e. The van der Waals surface area contributed by atoms with Gasteiger partial charge in [-0.1, -0.05) is 13.8 Å². The van der Waals surface area contributed by atoms with E-state index in [4.69, 9.17) is 0 Å². The molecule has 6 heteroatoms. The van der Waals surface area contributed by atoms with E-state index in [0.29, 0.717) is 19.4 Å². The second-order valence-corrected chi connectivity index (χ2v) is 5.32. The van der Waals surface area contributed by atoms with E-state index in [1.807, 2.05) is 0 Å². The molecule has 2 rings (SSSR count). The highest BCUT2D eigenvalue weighted by Crippen LogP contribution is 2.33. The highest BCUT2D eigenvalue weighted by Gasteiger charge is 2.46. The van der Waals surface area contributed by atoms with Crippen LogP contribution in [0.5, 0.6) is 0 Å². The molecule has 0 aromatic carbocycles. The maximum absolute atomic E-state index is 12.0. The predicted octanol–water partition coefficient (Wildman–Crippen LogP) is 0.763. The van der Waals surface area contributed by atoms with E-state index < -0.39 is 6.04 Å². The summed E-state index contributed by atoms with van der Waals surface area (Å²) < 4.78 is 0. The Labute approximate surface area is 118 Å². The summed E-state index contributed by atoms with van der Waals surface area (Å²) in [6, 6.07) is -0.415. The van der Waals surface area contributed by atoms with Gasteiger partial charge in [-0.2, -0.15) is 0 Å². The van der Waals surface area contributed by atoms with Gasteiger partial charge in [0.05, 0.1) is 0 Å². The van der Waals surface area contributed by atoms with Crippen molar-refractivity contribution in [1.29, 1.82) is 0 Å². The standard InChI is InChI=1S/C14H22N4O2/c1-3-14(4-2)9-17-13(20)12(14)18-11(19)6-5-10-15-7-8-16-10/h7-8,12H,3-6,9H2,1-2H3,(H,15,16)(H,17,20)(H,18,19). The Morgan fingerprint density at radius 1 is 1.50 bits per heavy atom. The lowest BCUT2D eigenvalue weighted by Crippen LogP contribution is -2.48. The zero-order valence-corrected chi connectivity index (χ0v) is 12.0. The largest absolute Gasteiger partial charge is 0.354 e. The fourth-order valence-corrected chi connectivity index (χ4v) is 2.77. The van der Waals surface area contributed by atoms with Crippen LogP contribution in [0.3, 0.4) is 0 Å².